The molecule has 0 spiro atoms. The molecule has 0 bridgehead atoms. The number of aliphatic hydroxyl groups excluding tert-OH is 1. The minimum absolute atomic E-state index is 0.374. The van der Waals surface area contributed by atoms with Crippen molar-refractivity contribution < 1.29 is 9.90 Å². The Kier molecular flexibility index (Phi) is 6.62. The van der Waals surface area contributed by atoms with E-state index in [-0.39, 0.29) is 5.91 Å². The Morgan fingerprint density at radius 3 is 2.44 bits per heavy atom. The number of amides is 1. The maximum atomic E-state index is 13.1. The van der Waals surface area contributed by atoms with E-state index < -0.39 is 11.4 Å². The first-order valence-electron chi connectivity index (χ1n) is 8.33. The van der Waals surface area contributed by atoms with Crippen molar-refractivity contribution in [1.29, 1.82) is 0 Å². The van der Waals surface area contributed by atoms with Crippen molar-refractivity contribution >= 4 is 58.2 Å². The normalized spacial score (nSPS) is 20.0. The molecular weight excluding hydrogens is 427 g/mol. The van der Waals surface area contributed by atoms with E-state index in [1.165, 1.54) is 11.8 Å². The van der Waals surface area contributed by atoms with Gasteiger partial charge in [0.15, 0.2) is 0 Å². The van der Waals surface area contributed by atoms with Crippen molar-refractivity contribution in [3.05, 3.63) is 57.0 Å². The van der Waals surface area contributed by atoms with Crippen molar-refractivity contribution in [1.82, 2.24) is 4.90 Å². The molecule has 27 heavy (non-hydrogen) atoms. The zero-order valence-corrected chi connectivity index (χ0v) is 17.9. The van der Waals surface area contributed by atoms with Gasteiger partial charge in [0.25, 0.3) is 5.91 Å². The number of carbonyl (C=O) groups is 1. The second kappa shape index (κ2) is 8.60. The zero-order chi connectivity index (χ0) is 19.7. The van der Waals surface area contributed by atoms with Gasteiger partial charge in [-0.1, -0.05) is 40.9 Å². The minimum atomic E-state index is -1.25. The molecule has 144 valence electrons. The van der Waals surface area contributed by atoms with Crippen LogP contribution in [0.3, 0.4) is 0 Å². The van der Waals surface area contributed by atoms with Crippen molar-refractivity contribution in [3.63, 3.8) is 0 Å². The lowest BCUT2D eigenvalue weighted by molar-refractivity contribution is -0.126. The number of hydrogen-bond acceptors (Lipinski definition) is 4. The van der Waals surface area contributed by atoms with Crippen LogP contribution < -0.4 is 4.90 Å². The third-order valence-corrected chi connectivity index (χ3v) is 6.47. The highest BCUT2D eigenvalue weighted by molar-refractivity contribution is 7.99. The van der Waals surface area contributed by atoms with Crippen LogP contribution in [-0.4, -0.2) is 49.2 Å². The predicted octanol–water partition coefficient (Wildman–Crippen LogP) is 4.75. The van der Waals surface area contributed by atoms with Crippen LogP contribution in [0.1, 0.15) is 10.8 Å². The summed E-state index contributed by atoms with van der Waals surface area (Å²) in [6, 6.07) is 10.5. The van der Waals surface area contributed by atoms with Crippen molar-refractivity contribution in [2.75, 3.05) is 32.1 Å². The molecule has 8 heteroatoms. The number of aliphatic hydroxyl groups is 1. The first-order chi connectivity index (χ1) is 12.8. The van der Waals surface area contributed by atoms with Crippen LogP contribution in [0.15, 0.2) is 41.3 Å². The molecule has 2 aromatic rings. The molecule has 0 aromatic heterocycles. The van der Waals surface area contributed by atoms with Crippen molar-refractivity contribution in [2.24, 2.45) is 0 Å². The van der Waals surface area contributed by atoms with E-state index in [0.717, 1.165) is 4.90 Å². The number of carbonyl (C=O) groups excluding carboxylic acids is 1. The van der Waals surface area contributed by atoms with Gasteiger partial charge in [0.2, 0.25) is 0 Å². The quantitative estimate of drug-likeness (QED) is 0.737. The Labute approximate surface area is 178 Å². The van der Waals surface area contributed by atoms with Gasteiger partial charge in [-0.3, -0.25) is 4.79 Å². The van der Waals surface area contributed by atoms with Gasteiger partial charge < -0.3 is 14.9 Å². The van der Waals surface area contributed by atoms with Crippen LogP contribution in [0, 0.1) is 0 Å². The molecule has 2 unspecified atom stereocenters. The van der Waals surface area contributed by atoms with Gasteiger partial charge in [-0.2, -0.15) is 0 Å². The van der Waals surface area contributed by atoms with Crippen LogP contribution >= 0.6 is 46.6 Å². The highest BCUT2D eigenvalue weighted by Gasteiger charge is 2.38. The smallest absolute Gasteiger partial charge is 0.257 e. The molecule has 0 aliphatic carbocycles. The summed E-state index contributed by atoms with van der Waals surface area (Å²) in [5.41, 5.74) is 1.37. The third-order valence-electron chi connectivity index (χ3n) is 4.31. The van der Waals surface area contributed by atoms with Gasteiger partial charge in [0, 0.05) is 33.1 Å². The van der Waals surface area contributed by atoms with E-state index >= 15 is 0 Å². The lowest BCUT2D eigenvalue weighted by Crippen LogP contribution is -2.43. The number of benzene rings is 2. The van der Waals surface area contributed by atoms with Crippen LogP contribution in [0.25, 0.3) is 0 Å². The average Bonchev–Trinajstić information content (AvgIpc) is 2.69. The van der Waals surface area contributed by atoms with Crippen LogP contribution in [0.4, 0.5) is 5.69 Å². The fourth-order valence-corrected chi connectivity index (χ4v) is 4.95. The van der Waals surface area contributed by atoms with E-state index in [1.807, 2.05) is 25.1 Å². The molecule has 1 heterocycles. The molecule has 3 rings (SSSR count). The molecule has 0 saturated heterocycles. The first kappa shape index (κ1) is 20.8. The monoisotopic (exact) mass is 444 g/mol. The lowest BCUT2D eigenvalue weighted by Gasteiger charge is -2.26. The molecule has 0 radical (unpaired) electrons. The summed E-state index contributed by atoms with van der Waals surface area (Å²) in [4.78, 5) is 17.6. The number of thioether (sulfide) groups is 1. The summed E-state index contributed by atoms with van der Waals surface area (Å²) in [6.07, 6.45) is -1.25. The molecule has 1 amide bonds. The summed E-state index contributed by atoms with van der Waals surface area (Å²) >= 11 is 19.9. The lowest BCUT2D eigenvalue weighted by atomic mass is 10.1. The number of hydrogen-bond donors (Lipinski definition) is 1. The highest BCUT2D eigenvalue weighted by atomic mass is 35.5. The number of anilines is 1. The Hall–Kier alpha value is -0.950. The Morgan fingerprint density at radius 2 is 1.78 bits per heavy atom. The number of nitrogens with zero attached hydrogens (tertiary/aromatic N) is 2. The average molecular weight is 446 g/mol. The predicted molar refractivity (Wildman–Crippen MR) is 113 cm³/mol. The second-order valence-electron chi connectivity index (χ2n) is 6.55. The van der Waals surface area contributed by atoms with Gasteiger partial charge in [-0.05, 0) is 50.0 Å². The molecule has 4 nitrogen and oxygen atoms in total. The molecule has 2 atom stereocenters. The number of rotatable bonds is 4. The molecule has 2 aromatic carbocycles. The molecule has 1 aliphatic rings. The first-order valence-corrected chi connectivity index (χ1v) is 10.3. The molecule has 1 aliphatic heterocycles. The minimum Gasteiger partial charge on any atom is -0.382 e. The standard InChI is InChI=1S/C19H19Cl3N2O2S/c1-23(2)7-8-24-15-10-12(21)4-6-16(15)27-18(17(25)19(24)26)13-5-3-11(20)9-14(13)22/h3-6,9-10,17-18,25H,7-8H2,1-2H3. The number of fused-ring (bicyclic) bond motifs is 1. The fourth-order valence-electron chi connectivity index (χ4n) is 2.91. The van der Waals surface area contributed by atoms with Crippen LogP contribution in [-0.2, 0) is 4.79 Å². The summed E-state index contributed by atoms with van der Waals surface area (Å²) in [5.74, 6) is -0.374. The van der Waals surface area contributed by atoms with E-state index in [2.05, 4.69) is 0 Å². The second-order valence-corrected chi connectivity index (χ2v) is 9.02. The summed E-state index contributed by atoms with van der Waals surface area (Å²) < 4.78 is 0. The summed E-state index contributed by atoms with van der Waals surface area (Å²) in [5, 5.41) is 11.8. The highest BCUT2D eigenvalue weighted by Crippen LogP contribution is 2.48. The maximum Gasteiger partial charge on any atom is 0.257 e. The maximum absolute atomic E-state index is 13.1. The van der Waals surface area contributed by atoms with Crippen molar-refractivity contribution in [2.45, 2.75) is 16.2 Å². The van der Waals surface area contributed by atoms with Gasteiger partial charge in [-0.25, -0.2) is 0 Å². The topological polar surface area (TPSA) is 43.8 Å². The summed E-state index contributed by atoms with van der Waals surface area (Å²) in [6.45, 7) is 1.10. The SMILES string of the molecule is CN(C)CCN1C(=O)C(O)C(c2ccc(Cl)cc2Cl)Sc2ccc(Cl)cc21. The molecule has 1 N–H and O–H groups in total. The van der Waals surface area contributed by atoms with Gasteiger partial charge in [0.1, 0.15) is 6.10 Å². The van der Waals surface area contributed by atoms with Gasteiger partial charge >= 0.3 is 0 Å². The Balaban J connectivity index is 2.06. The molecule has 0 saturated carbocycles. The molecular formula is C19H19Cl3N2O2S. The Bertz CT molecular complexity index is 863. The van der Waals surface area contributed by atoms with Gasteiger partial charge in [0.05, 0.1) is 10.9 Å². The van der Waals surface area contributed by atoms with Crippen LogP contribution in [0.5, 0.6) is 0 Å². The zero-order valence-electron chi connectivity index (χ0n) is 14.8. The van der Waals surface area contributed by atoms with E-state index in [9.17, 15) is 9.90 Å². The Morgan fingerprint density at radius 1 is 1.11 bits per heavy atom. The summed E-state index contributed by atoms with van der Waals surface area (Å²) in [7, 11) is 3.87. The van der Waals surface area contributed by atoms with E-state index in [4.69, 9.17) is 34.8 Å². The number of likely N-dealkylation sites (N-methyl/N-ethyl adjacent to an activating group) is 1. The van der Waals surface area contributed by atoms with Gasteiger partial charge in [-0.15, -0.1) is 11.8 Å². The fraction of sp³-hybridized carbons (Fsp3) is 0.316. The number of halogens is 3. The largest absolute Gasteiger partial charge is 0.382 e. The van der Waals surface area contributed by atoms with E-state index in [1.54, 1.807) is 35.2 Å². The van der Waals surface area contributed by atoms with Crippen molar-refractivity contribution in [3.8, 4) is 0 Å². The molecule has 0 fully saturated rings. The van der Waals surface area contributed by atoms with E-state index in [0.29, 0.717) is 39.4 Å². The van der Waals surface area contributed by atoms with Crippen LogP contribution in [0.2, 0.25) is 15.1 Å². The third kappa shape index (κ3) is 4.56.